The Hall–Kier alpha value is -2.25. The van der Waals surface area contributed by atoms with Gasteiger partial charge in [0.25, 0.3) is 0 Å². The summed E-state index contributed by atoms with van der Waals surface area (Å²) in [6.45, 7) is 1.12. The van der Waals surface area contributed by atoms with Crippen molar-refractivity contribution in [1.82, 2.24) is 0 Å². The number of carboxylic acids is 1. The molecule has 0 atom stereocenters. The quantitative estimate of drug-likeness (QED) is 0.878. The van der Waals surface area contributed by atoms with Crippen LogP contribution in [0.15, 0.2) is 18.2 Å². The number of carboxylic acid groups (broad SMARTS) is 1. The fourth-order valence-corrected chi connectivity index (χ4v) is 1.19. The fourth-order valence-electron chi connectivity index (χ4n) is 1.19. The Morgan fingerprint density at radius 2 is 1.94 bits per heavy atom. The van der Waals surface area contributed by atoms with E-state index in [0.717, 1.165) is 19.1 Å². The van der Waals surface area contributed by atoms with E-state index < -0.39 is 29.6 Å². The first kappa shape index (κ1) is 13.8. The Bertz CT molecular complexity index is 485. The van der Waals surface area contributed by atoms with Crippen molar-refractivity contribution in [1.29, 1.82) is 0 Å². The van der Waals surface area contributed by atoms with Gasteiger partial charge in [-0.25, -0.2) is 0 Å². The van der Waals surface area contributed by atoms with E-state index >= 15 is 0 Å². The third-order valence-electron chi connectivity index (χ3n) is 1.76. The zero-order valence-electron chi connectivity index (χ0n) is 9.00. The average Bonchev–Trinajstić information content (AvgIpc) is 2.17. The van der Waals surface area contributed by atoms with Crippen LogP contribution < -0.4 is 15.2 Å². The maximum Gasteiger partial charge on any atom is 0.573 e. The molecule has 0 spiro atoms. The fraction of sp³-hybridized carbons (Fsp3) is 0.200. The zero-order chi connectivity index (χ0) is 13.9. The number of hydrogen-bond acceptors (Lipinski definition) is 4. The molecule has 0 unspecified atom stereocenters. The van der Waals surface area contributed by atoms with Crippen LogP contribution >= 0.6 is 0 Å². The Morgan fingerprint density at radius 1 is 1.33 bits per heavy atom. The molecule has 1 N–H and O–H groups in total. The number of amides is 1. The molecule has 1 aromatic carbocycles. The second kappa shape index (κ2) is 4.94. The van der Waals surface area contributed by atoms with Crippen molar-refractivity contribution in [2.75, 3.05) is 5.32 Å². The van der Waals surface area contributed by atoms with Crippen molar-refractivity contribution in [2.45, 2.75) is 13.3 Å². The molecule has 0 bridgehead atoms. The Morgan fingerprint density at radius 3 is 2.39 bits per heavy atom. The molecule has 5 nitrogen and oxygen atoms in total. The number of rotatable bonds is 3. The van der Waals surface area contributed by atoms with Crippen LogP contribution in [0.3, 0.4) is 0 Å². The molecule has 0 radical (unpaired) electrons. The molecule has 0 aliphatic heterocycles. The lowest BCUT2D eigenvalue weighted by molar-refractivity contribution is -0.275. The van der Waals surface area contributed by atoms with Gasteiger partial charge in [0, 0.05) is 12.5 Å². The lowest BCUT2D eigenvalue weighted by atomic mass is 10.1. The van der Waals surface area contributed by atoms with Crippen LogP contribution in [0.1, 0.15) is 17.3 Å². The number of anilines is 1. The first-order valence-corrected chi connectivity index (χ1v) is 4.58. The van der Waals surface area contributed by atoms with Gasteiger partial charge in [0.15, 0.2) is 0 Å². The highest BCUT2D eigenvalue weighted by atomic mass is 19.4. The summed E-state index contributed by atoms with van der Waals surface area (Å²) < 4.78 is 39.3. The van der Waals surface area contributed by atoms with E-state index in [4.69, 9.17) is 0 Å². The minimum Gasteiger partial charge on any atom is -0.545 e. The number of benzene rings is 1. The summed E-state index contributed by atoms with van der Waals surface area (Å²) in [5.74, 6) is -3.01. The number of carbonyl (C=O) groups is 2. The summed E-state index contributed by atoms with van der Waals surface area (Å²) in [5.41, 5.74) is -0.774. The standard InChI is InChI=1S/C10H8F3NO4/c1-5(15)14-8-3-2-6(18-10(11,12)13)4-7(8)9(16)17/h2-4H,1H3,(H,14,15)(H,16,17)/p-1. The summed E-state index contributed by atoms with van der Waals surface area (Å²) in [7, 11) is 0. The molecule has 0 saturated carbocycles. The second-order valence-electron chi connectivity index (χ2n) is 3.22. The van der Waals surface area contributed by atoms with E-state index in [9.17, 15) is 27.9 Å². The molecule has 0 saturated heterocycles. The smallest absolute Gasteiger partial charge is 0.545 e. The van der Waals surface area contributed by atoms with Gasteiger partial charge in [-0.3, -0.25) is 4.79 Å². The zero-order valence-corrected chi connectivity index (χ0v) is 9.00. The number of ether oxygens (including phenoxy) is 1. The number of halogens is 3. The normalized spacial score (nSPS) is 10.9. The molecule has 0 aliphatic carbocycles. The average molecular weight is 262 g/mol. The van der Waals surface area contributed by atoms with Crippen molar-refractivity contribution >= 4 is 17.6 Å². The SMILES string of the molecule is CC(=O)Nc1ccc(OC(F)(F)F)cc1C(=O)[O-]. The van der Waals surface area contributed by atoms with Gasteiger partial charge in [0.05, 0.1) is 11.7 Å². The highest BCUT2D eigenvalue weighted by Crippen LogP contribution is 2.27. The largest absolute Gasteiger partial charge is 0.573 e. The molecule has 98 valence electrons. The predicted octanol–water partition coefficient (Wildman–Crippen LogP) is 0.907. The Labute approximate surface area is 99.2 Å². The summed E-state index contributed by atoms with van der Waals surface area (Å²) in [6.07, 6.45) is -4.93. The molecule has 0 heterocycles. The molecule has 0 fully saturated rings. The van der Waals surface area contributed by atoms with Gasteiger partial charge < -0.3 is 20.0 Å². The molecule has 18 heavy (non-hydrogen) atoms. The number of hydrogen-bond donors (Lipinski definition) is 1. The lowest BCUT2D eigenvalue weighted by Crippen LogP contribution is -2.25. The molecule has 8 heteroatoms. The van der Waals surface area contributed by atoms with E-state index in [1.165, 1.54) is 0 Å². The van der Waals surface area contributed by atoms with Gasteiger partial charge in [0.2, 0.25) is 5.91 Å². The summed E-state index contributed by atoms with van der Waals surface area (Å²) in [5, 5.41) is 12.9. The molecule has 1 amide bonds. The summed E-state index contributed by atoms with van der Waals surface area (Å²) in [4.78, 5) is 21.5. The van der Waals surface area contributed by atoms with E-state index in [2.05, 4.69) is 10.1 Å². The molecule has 0 aromatic heterocycles. The molecular formula is C10H7F3NO4-. The first-order chi connectivity index (χ1) is 8.19. The van der Waals surface area contributed by atoms with Gasteiger partial charge in [-0.15, -0.1) is 13.2 Å². The van der Waals surface area contributed by atoms with E-state index in [0.29, 0.717) is 6.07 Å². The van der Waals surface area contributed by atoms with Crippen molar-refractivity contribution in [3.63, 3.8) is 0 Å². The third-order valence-corrected chi connectivity index (χ3v) is 1.76. The Kier molecular flexibility index (Phi) is 3.79. The lowest BCUT2D eigenvalue weighted by Gasteiger charge is -2.14. The summed E-state index contributed by atoms with van der Waals surface area (Å²) in [6, 6.07) is 2.48. The van der Waals surface area contributed by atoms with Crippen LogP contribution in [-0.4, -0.2) is 18.2 Å². The van der Waals surface area contributed by atoms with Crippen LogP contribution in [0.25, 0.3) is 0 Å². The monoisotopic (exact) mass is 262 g/mol. The van der Waals surface area contributed by atoms with Crippen molar-refractivity contribution in [3.8, 4) is 5.75 Å². The molecule has 1 aromatic rings. The van der Waals surface area contributed by atoms with Gasteiger partial charge in [-0.05, 0) is 18.2 Å². The minimum absolute atomic E-state index is 0.169. The highest BCUT2D eigenvalue weighted by Gasteiger charge is 2.31. The van der Waals surface area contributed by atoms with Crippen LogP contribution in [0.5, 0.6) is 5.75 Å². The topological polar surface area (TPSA) is 78.5 Å². The van der Waals surface area contributed by atoms with E-state index in [1.54, 1.807) is 0 Å². The number of aromatic carboxylic acids is 1. The predicted molar refractivity (Wildman–Crippen MR) is 51.8 cm³/mol. The number of nitrogens with one attached hydrogen (secondary N) is 1. The van der Waals surface area contributed by atoms with E-state index in [1.807, 2.05) is 0 Å². The van der Waals surface area contributed by atoms with Crippen LogP contribution in [0.4, 0.5) is 18.9 Å². The molecular weight excluding hydrogens is 255 g/mol. The third kappa shape index (κ3) is 3.96. The van der Waals surface area contributed by atoms with E-state index in [-0.39, 0.29) is 5.69 Å². The summed E-state index contributed by atoms with van der Waals surface area (Å²) >= 11 is 0. The molecule has 1 rings (SSSR count). The van der Waals surface area contributed by atoms with Gasteiger partial charge in [0.1, 0.15) is 5.75 Å². The maximum absolute atomic E-state index is 11.9. The number of alkyl halides is 3. The van der Waals surface area contributed by atoms with Gasteiger partial charge in [-0.2, -0.15) is 0 Å². The minimum atomic E-state index is -4.93. The van der Waals surface area contributed by atoms with Gasteiger partial charge in [-0.1, -0.05) is 0 Å². The molecule has 0 aliphatic rings. The van der Waals surface area contributed by atoms with Crippen molar-refractivity contribution < 1.29 is 32.6 Å². The highest BCUT2D eigenvalue weighted by molar-refractivity contribution is 5.99. The Balaban J connectivity index is 3.11. The van der Waals surface area contributed by atoms with Crippen LogP contribution in [-0.2, 0) is 4.79 Å². The van der Waals surface area contributed by atoms with Crippen molar-refractivity contribution in [3.05, 3.63) is 23.8 Å². The number of carbonyl (C=O) groups excluding carboxylic acids is 2. The van der Waals surface area contributed by atoms with Crippen LogP contribution in [0.2, 0.25) is 0 Å². The second-order valence-corrected chi connectivity index (χ2v) is 3.22. The van der Waals surface area contributed by atoms with Gasteiger partial charge >= 0.3 is 6.36 Å². The maximum atomic E-state index is 11.9. The van der Waals surface area contributed by atoms with Crippen LogP contribution in [0, 0.1) is 0 Å². The first-order valence-electron chi connectivity index (χ1n) is 4.58. The van der Waals surface area contributed by atoms with Crippen molar-refractivity contribution in [2.24, 2.45) is 0 Å².